The van der Waals surface area contributed by atoms with E-state index in [9.17, 15) is 37.8 Å². The van der Waals surface area contributed by atoms with Crippen molar-refractivity contribution in [3.8, 4) is 5.75 Å². The van der Waals surface area contributed by atoms with Gasteiger partial charge in [0.25, 0.3) is 5.91 Å². The minimum Gasteiger partial charge on any atom is -0.508 e. The molecule has 0 bridgehead atoms. The van der Waals surface area contributed by atoms with Crippen LogP contribution in [0.4, 0.5) is 18.9 Å². The summed E-state index contributed by atoms with van der Waals surface area (Å²) >= 11 is 6.16. The number of carbonyl (C=O) groups is 3. The Bertz CT molecular complexity index is 1270. The summed E-state index contributed by atoms with van der Waals surface area (Å²) < 4.78 is 40.6. The molecule has 7 N–H and O–H groups in total. The number of amides is 2. The van der Waals surface area contributed by atoms with E-state index in [2.05, 4.69) is 26.6 Å². The summed E-state index contributed by atoms with van der Waals surface area (Å²) in [5, 5.41) is 33.2. The summed E-state index contributed by atoms with van der Waals surface area (Å²) in [5.41, 5.74) is -0.423. The Morgan fingerprint density at radius 1 is 1.07 bits per heavy atom. The van der Waals surface area contributed by atoms with Gasteiger partial charge in [-0.15, -0.1) is 0 Å². The van der Waals surface area contributed by atoms with Crippen LogP contribution >= 0.6 is 11.6 Å². The minimum absolute atomic E-state index is 0.0257. The zero-order chi connectivity index (χ0) is 29.0. The lowest BCUT2D eigenvalue weighted by atomic mass is 9.92. The predicted octanol–water partition coefficient (Wildman–Crippen LogP) is 2.63. The highest BCUT2D eigenvalue weighted by atomic mass is 35.5. The topological polar surface area (TPSA) is 152 Å². The minimum atomic E-state index is -2.62. The molecule has 2 aromatic rings. The lowest BCUT2D eigenvalue weighted by molar-refractivity contribution is -0.137. The number of phenolic OH excluding ortho intramolecular Hbond substituents is 1. The molecule has 1 aliphatic heterocycles. The number of phenols is 1. The van der Waals surface area contributed by atoms with E-state index in [1.165, 1.54) is 36.4 Å². The Balaban J connectivity index is 1.40. The van der Waals surface area contributed by atoms with Crippen molar-refractivity contribution in [2.24, 2.45) is 0 Å². The number of aromatic hydroxyl groups is 1. The van der Waals surface area contributed by atoms with Gasteiger partial charge in [-0.3, -0.25) is 25.0 Å². The third kappa shape index (κ3) is 7.34. The lowest BCUT2D eigenvalue weighted by Crippen LogP contribution is -2.57. The molecule has 2 aliphatic rings. The molecule has 40 heavy (non-hydrogen) atoms. The molecule has 2 amide bonds. The molecular formula is C26H29ClF3N5O5. The van der Waals surface area contributed by atoms with Crippen molar-refractivity contribution in [3.05, 3.63) is 58.1 Å². The molecule has 4 rings (SSSR count). The quantitative estimate of drug-likeness (QED) is 0.213. The van der Waals surface area contributed by atoms with Gasteiger partial charge in [0.2, 0.25) is 12.3 Å². The molecule has 10 nitrogen and oxygen atoms in total. The number of carboxylic acid groups (broad SMARTS) is 1. The number of aliphatic carboxylic acids is 1. The number of nitrogens with one attached hydrogen (secondary N) is 5. The standard InChI is InChI=1S/C26H29ClF3N5O5/c27-16-4-13(3-15(7-16)26(1-2-26)24(29)30)20(9-22(38)39)35-21(37)12-31-23(40)14-5-18(8-19(36)6-14)34-25-32-10-17(28)11-33-25/h3-8,17,20,24-25,32-34,36H,1-2,9-12H2,(H,31,40)(H,35,37)(H,38,39)/t17?,20-,25?/m0/s1. The van der Waals surface area contributed by atoms with Gasteiger partial charge in [0, 0.05) is 35.4 Å². The first kappa shape index (κ1) is 29.4. The molecule has 0 radical (unpaired) electrons. The molecule has 1 saturated carbocycles. The molecule has 0 unspecified atom stereocenters. The van der Waals surface area contributed by atoms with Gasteiger partial charge >= 0.3 is 5.97 Å². The van der Waals surface area contributed by atoms with Crippen molar-refractivity contribution in [3.63, 3.8) is 0 Å². The Kier molecular flexibility index (Phi) is 9.06. The van der Waals surface area contributed by atoms with E-state index < -0.39 is 61.1 Å². The van der Waals surface area contributed by atoms with Gasteiger partial charge in [0.1, 0.15) is 18.2 Å². The van der Waals surface area contributed by atoms with E-state index in [1.54, 1.807) is 0 Å². The van der Waals surface area contributed by atoms with Crippen LogP contribution < -0.4 is 26.6 Å². The van der Waals surface area contributed by atoms with Crippen LogP contribution in [0, 0.1) is 0 Å². The fraction of sp³-hybridized carbons (Fsp3) is 0.423. The van der Waals surface area contributed by atoms with Gasteiger partial charge in [-0.2, -0.15) is 0 Å². The van der Waals surface area contributed by atoms with Crippen molar-refractivity contribution in [2.75, 3.05) is 25.0 Å². The van der Waals surface area contributed by atoms with Gasteiger partial charge < -0.3 is 26.2 Å². The van der Waals surface area contributed by atoms with Gasteiger partial charge in [-0.25, -0.2) is 13.2 Å². The van der Waals surface area contributed by atoms with Crippen LogP contribution in [-0.4, -0.2) is 66.5 Å². The Morgan fingerprint density at radius 3 is 2.40 bits per heavy atom. The highest BCUT2D eigenvalue weighted by molar-refractivity contribution is 6.30. The van der Waals surface area contributed by atoms with Crippen LogP contribution in [-0.2, 0) is 15.0 Å². The Hall–Kier alpha value is -3.55. The average molecular weight is 584 g/mol. The predicted molar refractivity (Wildman–Crippen MR) is 140 cm³/mol. The number of hydrogen-bond donors (Lipinski definition) is 7. The van der Waals surface area contributed by atoms with E-state index in [1.807, 2.05) is 0 Å². The summed E-state index contributed by atoms with van der Waals surface area (Å²) in [6.07, 6.45) is -4.17. The third-order valence-corrected chi connectivity index (χ3v) is 7.02. The number of benzene rings is 2. The molecule has 0 spiro atoms. The smallest absolute Gasteiger partial charge is 0.305 e. The first-order valence-corrected chi connectivity index (χ1v) is 12.9. The number of carbonyl (C=O) groups excluding carboxylic acids is 2. The zero-order valence-electron chi connectivity index (χ0n) is 21.1. The highest BCUT2D eigenvalue weighted by Gasteiger charge is 2.52. The average Bonchev–Trinajstić information content (AvgIpc) is 3.70. The zero-order valence-corrected chi connectivity index (χ0v) is 21.9. The van der Waals surface area contributed by atoms with Crippen molar-refractivity contribution >= 4 is 35.1 Å². The van der Waals surface area contributed by atoms with E-state index in [0.29, 0.717) is 5.69 Å². The normalized spacial score (nSPS) is 20.4. The van der Waals surface area contributed by atoms with Gasteiger partial charge in [-0.05, 0) is 48.2 Å². The van der Waals surface area contributed by atoms with E-state index >= 15 is 0 Å². The molecule has 0 aromatic heterocycles. The van der Waals surface area contributed by atoms with Crippen LogP contribution in [0.5, 0.6) is 5.75 Å². The third-order valence-electron chi connectivity index (χ3n) is 6.81. The molecule has 2 fully saturated rings. The maximum absolute atomic E-state index is 13.7. The molecule has 216 valence electrons. The first-order valence-electron chi connectivity index (χ1n) is 12.5. The molecule has 1 heterocycles. The second-order valence-corrected chi connectivity index (χ2v) is 10.3. The van der Waals surface area contributed by atoms with Crippen molar-refractivity contribution in [1.82, 2.24) is 21.3 Å². The Labute approximate surface area is 232 Å². The van der Waals surface area contributed by atoms with Crippen LogP contribution in [0.15, 0.2) is 36.4 Å². The fourth-order valence-corrected chi connectivity index (χ4v) is 4.78. The highest BCUT2D eigenvalue weighted by Crippen LogP contribution is 2.53. The molecule has 1 aliphatic carbocycles. The van der Waals surface area contributed by atoms with Gasteiger partial charge in [0.05, 0.1) is 24.4 Å². The molecule has 1 atom stereocenters. The van der Waals surface area contributed by atoms with Crippen LogP contribution in [0.2, 0.25) is 5.02 Å². The number of rotatable bonds is 11. The number of alkyl halides is 3. The van der Waals surface area contributed by atoms with Gasteiger partial charge in [0.15, 0.2) is 0 Å². The van der Waals surface area contributed by atoms with Crippen LogP contribution in [0.25, 0.3) is 0 Å². The monoisotopic (exact) mass is 583 g/mol. The van der Waals surface area contributed by atoms with E-state index in [4.69, 9.17) is 11.6 Å². The molecular weight excluding hydrogens is 555 g/mol. The summed E-state index contributed by atoms with van der Waals surface area (Å²) in [4.78, 5) is 36.9. The van der Waals surface area contributed by atoms with Crippen LogP contribution in [0.1, 0.15) is 46.8 Å². The second-order valence-electron chi connectivity index (χ2n) is 9.89. The van der Waals surface area contributed by atoms with Gasteiger partial charge in [-0.1, -0.05) is 17.7 Å². The number of hydrogen-bond acceptors (Lipinski definition) is 7. The SMILES string of the molecule is O=C(O)C[C@H](NC(=O)CNC(=O)c1cc(O)cc(NC2NCC(F)CN2)c1)c1cc(Cl)cc(C2(C(F)F)CC2)c1. The summed E-state index contributed by atoms with van der Waals surface area (Å²) in [6, 6.07) is 7.14. The maximum Gasteiger partial charge on any atom is 0.305 e. The largest absolute Gasteiger partial charge is 0.508 e. The summed E-state index contributed by atoms with van der Waals surface area (Å²) in [6.45, 7) is -0.289. The Morgan fingerprint density at radius 2 is 1.77 bits per heavy atom. The van der Waals surface area contributed by atoms with Crippen LogP contribution in [0.3, 0.4) is 0 Å². The lowest BCUT2D eigenvalue weighted by Gasteiger charge is -2.29. The fourth-order valence-electron chi connectivity index (χ4n) is 4.53. The number of halogens is 4. The summed E-state index contributed by atoms with van der Waals surface area (Å²) in [7, 11) is 0. The maximum atomic E-state index is 13.7. The molecule has 14 heteroatoms. The van der Waals surface area contributed by atoms with E-state index in [-0.39, 0.29) is 53.4 Å². The van der Waals surface area contributed by atoms with Crippen molar-refractivity contribution in [1.29, 1.82) is 0 Å². The second kappa shape index (κ2) is 12.3. The number of anilines is 1. The van der Waals surface area contributed by atoms with Crippen molar-refractivity contribution < 1.29 is 37.8 Å². The number of carboxylic acids is 1. The molecule has 1 saturated heterocycles. The molecule has 2 aromatic carbocycles. The summed E-state index contributed by atoms with van der Waals surface area (Å²) in [5.74, 6) is -2.90. The van der Waals surface area contributed by atoms with E-state index in [0.717, 1.165) is 0 Å². The first-order chi connectivity index (χ1) is 18.9. The van der Waals surface area contributed by atoms with Crippen molar-refractivity contribution in [2.45, 2.75) is 49.6 Å².